The fraction of sp³-hybridized carbons (Fsp3) is 0.143. The maximum absolute atomic E-state index is 13.3. The highest BCUT2D eigenvalue weighted by atomic mass is 19.1. The van der Waals surface area contributed by atoms with Crippen molar-refractivity contribution in [3.05, 3.63) is 53.5 Å². The van der Waals surface area contributed by atoms with Crippen LogP contribution >= 0.6 is 0 Å². The maximum atomic E-state index is 13.3. The van der Waals surface area contributed by atoms with Crippen LogP contribution < -0.4 is 10.6 Å². The molecular formula is C14H12FN3O. The Morgan fingerprint density at radius 3 is 2.95 bits per heavy atom. The lowest BCUT2D eigenvalue weighted by molar-refractivity contribution is 0.0989. The Kier molecular flexibility index (Phi) is 2.67. The summed E-state index contributed by atoms with van der Waals surface area (Å²) in [5.74, 6) is -0.226. The molecule has 5 heteroatoms. The van der Waals surface area contributed by atoms with Gasteiger partial charge in [0.2, 0.25) is 0 Å². The van der Waals surface area contributed by atoms with Gasteiger partial charge in [-0.25, -0.2) is 9.37 Å². The Bertz CT molecular complexity index is 657. The number of benzene rings is 1. The van der Waals surface area contributed by atoms with Gasteiger partial charge in [0, 0.05) is 18.3 Å². The van der Waals surface area contributed by atoms with Gasteiger partial charge in [0.1, 0.15) is 11.6 Å². The van der Waals surface area contributed by atoms with Crippen LogP contribution in [0.25, 0.3) is 0 Å². The molecule has 19 heavy (non-hydrogen) atoms. The normalized spacial score (nSPS) is 13.4. The molecule has 96 valence electrons. The molecule has 0 radical (unpaired) electrons. The molecule has 2 heterocycles. The number of carbonyl (C=O) groups is 1. The van der Waals surface area contributed by atoms with E-state index in [2.05, 4.69) is 4.98 Å². The Balaban J connectivity index is 1.97. The average molecular weight is 257 g/mol. The number of nitrogen functional groups attached to an aromatic ring is 1. The summed E-state index contributed by atoms with van der Waals surface area (Å²) < 4.78 is 13.3. The molecule has 1 amide bonds. The number of fused-ring (bicyclic) bond motifs is 1. The molecule has 0 spiro atoms. The summed E-state index contributed by atoms with van der Waals surface area (Å²) in [6.45, 7) is 0.555. The van der Waals surface area contributed by atoms with Crippen LogP contribution in [0.15, 0.2) is 36.5 Å². The number of halogens is 1. The SMILES string of the molecule is Nc1cc(C(=O)N2CCc3ccc(F)cc32)ccn1. The Labute approximate surface area is 109 Å². The Hall–Kier alpha value is -2.43. The van der Waals surface area contributed by atoms with Crippen molar-refractivity contribution in [2.45, 2.75) is 6.42 Å². The summed E-state index contributed by atoms with van der Waals surface area (Å²) in [7, 11) is 0. The zero-order chi connectivity index (χ0) is 13.4. The minimum atomic E-state index is -0.340. The highest BCUT2D eigenvalue weighted by molar-refractivity contribution is 6.07. The first-order valence-corrected chi connectivity index (χ1v) is 5.97. The number of nitrogens with two attached hydrogens (primary N) is 1. The maximum Gasteiger partial charge on any atom is 0.258 e. The predicted molar refractivity (Wildman–Crippen MR) is 70.4 cm³/mol. The lowest BCUT2D eigenvalue weighted by atomic mass is 10.1. The topological polar surface area (TPSA) is 59.2 Å². The number of amides is 1. The van der Waals surface area contributed by atoms with Gasteiger partial charge < -0.3 is 10.6 Å². The van der Waals surface area contributed by atoms with Gasteiger partial charge in [-0.15, -0.1) is 0 Å². The summed E-state index contributed by atoms with van der Waals surface area (Å²) in [6.07, 6.45) is 2.23. The molecule has 1 aliphatic rings. The number of aromatic nitrogens is 1. The Morgan fingerprint density at radius 1 is 1.32 bits per heavy atom. The monoisotopic (exact) mass is 257 g/mol. The molecule has 4 nitrogen and oxygen atoms in total. The number of hydrogen-bond donors (Lipinski definition) is 1. The molecule has 1 aromatic carbocycles. The summed E-state index contributed by atoms with van der Waals surface area (Å²) >= 11 is 0. The number of rotatable bonds is 1. The van der Waals surface area contributed by atoms with Crippen LogP contribution in [0.3, 0.4) is 0 Å². The molecule has 0 unspecified atom stereocenters. The van der Waals surface area contributed by atoms with Crippen molar-refractivity contribution in [2.75, 3.05) is 17.2 Å². The molecule has 0 atom stereocenters. The van der Waals surface area contributed by atoms with E-state index >= 15 is 0 Å². The second-order valence-corrected chi connectivity index (χ2v) is 4.45. The van der Waals surface area contributed by atoms with Gasteiger partial charge in [-0.05, 0) is 36.2 Å². The quantitative estimate of drug-likeness (QED) is 0.850. The molecule has 2 aromatic rings. The minimum Gasteiger partial charge on any atom is -0.384 e. The highest BCUT2D eigenvalue weighted by Crippen LogP contribution is 2.30. The van der Waals surface area contributed by atoms with Crippen molar-refractivity contribution in [2.24, 2.45) is 0 Å². The first-order valence-electron chi connectivity index (χ1n) is 5.97. The van der Waals surface area contributed by atoms with Crippen LogP contribution in [-0.4, -0.2) is 17.4 Å². The predicted octanol–water partition coefficient (Wildman–Crippen LogP) is 2.01. The third kappa shape index (κ3) is 2.03. The van der Waals surface area contributed by atoms with Gasteiger partial charge >= 0.3 is 0 Å². The number of nitrogens with zero attached hydrogens (tertiary/aromatic N) is 2. The molecule has 1 aliphatic heterocycles. The molecule has 0 fully saturated rings. The summed E-state index contributed by atoms with van der Waals surface area (Å²) in [6, 6.07) is 7.66. The largest absolute Gasteiger partial charge is 0.384 e. The van der Waals surface area contributed by atoms with Crippen molar-refractivity contribution in [1.82, 2.24) is 4.98 Å². The van der Waals surface area contributed by atoms with Gasteiger partial charge in [0.15, 0.2) is 0 Å². The van der Waals surface area contributed by atoms with Gasteiger partial charge in [-0.1, -0.05) is 6.07 Å². The van der Waals surface area contributed by atoms with Crippen molar-refractivity contribution in [3.63, 3.8) is 0 Å². The van der Waals surface area contributed by atoms with Crippen molar-refractivity contribution in [1.29, 1.82) is 0 Å². The van der Waals surface area contributed by atoms with Gasteiger partial charge in [-0.3, -0.25) is 4.79 Å². The van der Waals surface area contributed by atoms with Gasteiger partial charge in [-0.2, -0.15) is 0 Å². The smallest absolute Gasteiger partial charge is 0.258 e. The zero-order valence-electron chi connectivity index (χ0n) is 10.1. The standard InChI is InChI=1S/C14H12FN3O/c15-11-2-1-9-4-6-18(12(9)8-11)14(19)10-3-5-17-13(16)7-10/h1-3,5,7-8H,4,6H2,(H2,16,17). The molecular weight excluding hydrogens is 245 g/mol. The third-order valence-corrected chi connectivity index (χ3v) is 3.22. The van der Waals surface area contributed by atoms with E-state index in [0.717, 1.165) is 12.0 Å². The summed E-state index contributed by atoms with van der Waals surface area (Å²) in [4.78, 5) is 17.8. The molecule has 0 saturated carbocycles. The van der Waals surface area contributed by atoms with Gasteiger partial charge in [0.25, 0.3) is 5.91 Å². The summed E-state index contributed by atoms with van der Waals surface area (Å²) in [5.41, 5.74) is 7.66. The van der Waals surface area contributed by atoms with Crippen molar-refractivity contribution < 1.29 is 9.18 Å². The van der Waals surface area contributed by atoms with E-state index < -0.39 is 0 Å². The molecule has 0 aliphatic carbocycles. The van der Waals surface area contributed by atoms with Crippen molar-refractivity contribution >= 4 is 17.4 Å². The van der Waals surface area contributed by atoms with E-state index in [9.17, 15) is 9.18 Å². The van der Waals surface area contributed by atoms with E-state index in [4.69, 9.17) is 5.73 Å². The lowest BCUT2D eigenvalue weighted by Crippen LogP contribution is -2.29. The Morgan fingerprint density at radius 2 is 2.16 bits per heavy atom. The van der Waals surface area contributed by atoms with E-state index in [1.54, 1.807) is 17.0 Å². The van der Waals surface area contributed by atoms with E-state index in [1.165, 1.54) is 24.4 Å². The van der Waals surface area contributed by atoms with Crippen LogP contribution in [0.5, 0.6) is 0 Å². The molecule has 3 rings (SSSR count). The average Bonchev–Trinajstić information content (AvgIpc) is 2.80. The van der Waals surface area contributed by atoms with Crippen LogP contribution in [0.4, 0.5) is 15.9 Å². The molecule has 0 bridgehead atoms. The van der Waals surface area contributed by atoms with Crippen LogP contribution in [0.2, 0.25) is 0 Å². The number of hydrogen-bond acceptors (Lipinski definition) is 3. The fourth-order valence-electron chi connectivity index (χ4n) is 2.30. The van der Waals surface area contributed by atoms with Crippen LogP contribution in [0, 0.1) is 5.82 Å². The lowest BCUT2D eigenvalue weighted by Gasteiger charge is -2.17. The highest BCUT2D eigenvalue weighted by Gasteiger charge is 2.26. The van der Waals surface area contributed by atoms with Crippen LogP contribution in [0.1, 0.15) is 15.9 Å². The number of anilines is 2. The molecule has 2 N–H and O–H groups in total. The first kappa shape index (κ1) is 11.6. The molecule has 1 aromatic heterocycles. The third-order valence-electron chi connectivity index (χ3n) is 3.22. The second kappa shape index (κ2) is 4.35. The van der Waals surface area contributed by atoms with E-state index in [0.29, 0.717) is 23.6 Å². The summed E-state index contributed by atoms with van der Waals surface area (Å²) in [5, 5.41) is 0. The van der Waals surface area contributed by atoms with Crippen molar-refractivity contribution in [3.8, 4) is 0 Å². The number of pyridine rings is 1. The van der Waals surface area contributed by atoms with Gasteiger partial charge in [0.05, 0.1) is 5.69 Å². The zero-order valence-corrected chi connectivity index (χ0v) is 10.1. The van der Waals surface area contributed by atoms with E-state index in [1.807, 2.05) is 0 Å². The number of carbonyl (C=O) groups excluding carboxylic acids is 1. The van der Waals surface area contributed by atoms with E-state index in [-0.39, 0.29) is 11.7 Å². The second-order valence-electron chi connectivity index (χ2n) is 4.45. The fourth-order valence-corrected chi connectivity index (χ4v) is 2.30. The molecule has 0 saturated heterocycles. The first-order chi connectivity index (χ1) is 9.15. The minimum absolute atomic E-state index is 0.182. The van der Waals surface area contributed by atoms with Crippen LogP contribution in [-0.2, 0) is 6.42 Å².